The highest BCUT2D eigenvalue weighted by atomic mass is 79.9. The molecule has 1 fully saturated rings. The zero-order chi connectivity index (χ0) is 15.6. The molecule has 0 aromatic heterocycles. The van der Waals surface area contributed by atoms with E-state index in [0.717, 1.165) is 47.6 Å². The Morgan fingerprint density at radius 2 is 2.00 bits per heavy atom. The first-order chi connectivity index (χ1) is 9.87. The van der Waals surface area contributed by atoms with Crippen LogP contribution in [0.1, 0.15) is 25.8 Å². The highest BCUT2D eigenvalue weighted by Crippen LogP contribution is 2.35. The molecule has 0 aliphatic carbocycles. The third-order valence-corrected chi connectivity index (χ3v) is 5.06. The molecule has 2 N–H and O–H groups in total. The molecule has 1 aliphatic heterocycles. The normalized spacial score (nSPS) is 21.1. The third-order valence-electron chi connectivity index (χ3n) is 4.36. The number of benzene rings is 1. The fourth-order valence-electron chi connectivity index (χ4n) is 2.88. The molecule has 1 heterocycles. The SMILES string of the molecule is COc1cc(Br)c(CN2CCC(N)C(C)(C)C2)c(OC)c1.Cl. The minimum absolute atomic E-state index is 0. The van der Waals surface area contributed by atoms with Crippen molar-refractivity contribution < 1.29 is 9.47 Å². The smallest absolute Gasteiger partial charge is 0.128 e. The van der Waals surface area contributed by atoms with E-state index in [1.165, 1.54) is 0 Å². The Hall–Kier alpha value is -0.490. The second kappa shape index (κ2) is 7.86. The van der Waals surface area contributed by atoms with Gasteiger partial charge in [-0.3, -0.25) is 4.90 Å². The molecule has 1 saturated heterocycles. The maximum absolute atomic E-state index is 6.21. The molecule has 4 nitrogen and oxygen atoms in total. The van der Waals surface area contributed by atoms with E-state index in [2.05, 4.69) is 34.7 Å². The summed E-state index contributed by atoms with van der Waals surface area (Å²) >= 11 is 3.64. The summed E-state index contributed by atoms with van der Waals surface area (Å²) in [5, 5.41) is 0. The second-order valence-corrected chi connectivity index (χ2v) is 7.24. The fourth-order valence-corrected chi connectivity index (χ4v) is 3.43. The van der Waals surface area contributed by atoms with Gasteiger partial charge in [-0.2, -0.15) is 0 Å². The van der Waals surface area contributed by atoms with Crippen molar-refractivity contribution in [1.82, 2.24) is 4.90 Å². The monoisotopic (exact) mass is 392 g/mol. The van der Waals surface area contributed by atoms with Gasteiger partial charge < -0.3 is 15.2 Å². The van der Waals surface area contributed by atoms with E-state index in [1.54, 1.807) is 14.2 Å². The summed E-state index contributed by atoms with van der Waals surface area (Å²) in [5.74, 6) is 1.65. The average Bonchev–Trinajstić information content (AvgIpc) is 2.44. The van der Waals surface area contributed by atoms with Gasteiger partial charge in [0.1, 0.15) is 11.5 Å². The van der Waals surface area contributed by atoms with Gasteiger partial charge in [0.05, 0.1) is 14.2 Å². The second-order valence-electron chi connectivity index (χ2n) is 6.38. The van der Waals surface area contributed by atoms with Crippen LogP contribution in [0.3, 0.4) is 0 Å². The minimum atomic E-state index is 0. The predicted molar refractivity (Wildman–Crippen MR) is 96.1 cm³/mol. The van der Waals surface area contributed by atoms with Gasteiger partial charge in [-0.15, -0.1) is 12.4 Å². The van der Waals surface area contributed by atoms with Crippen molar-refractivity contribution in [3.63, 3.8) is 0 Å². The molecule has 1 aromatic carbocycles. The van der Waals surface area contributed by atoms with Gasteiger partial charge in [0, 0.05) is 41.8 Å². The Bertz CT molecular complexity index is 511. The van der Waals surface area contributed by atoms with Crippen molar-refractivity contribution in [2.45, 2.75) is 32.9 Å². The third kappa shape index (κ3) is 4.28. The van der Waals surface area contributed by atoms with Crippen LogP contribution >= 0.6 is 28.3 Å². The maximum atomic E-state index is 6.21. The van der Waals surface area contributed by atoms with E-state index in [4.69, 9.17) is 15.2 Å². The van der Waals surface area contributed by atoms with Crippen LogP contribution in [0.25, 0.3) is 0 Å². The van der Waals surface area contributed by atoms with Gasteiger partial charge >= 0.3 is 0 Å². The van der Waals surface area contributed by atoms with E-state index in [9.17, 15) is 0 Å². The first kappa shape index (κ1) is 19.6. The van der Waals surface area contributed by atoms with Crippen molar-refractivity contribution in [3.8, 4) is 11.5 Å². The molecule has 22 heavy (non-hydrogen) atoms. The van der Waals surface area contributed by atoms with Gasteiger partial charge in [-0.05, 0) is 17.9 Å². The van der Waals surface area contributed by atoms with Crippen molar-refractivity contribution in [1.29, 1.82) is 0 Å². The van der Waals surface area contributed by atoms with Crippen molar-refractivity contribution in [2.75, 3.05) is 27.3 Å². The van der Waals surface area contributed by atoms with E-state index >= 15 is 0 Å². The molecule has 1 aliphatic rings. The molecular weight excluding hydrogens is 368 g/mol. The highest BCUT2D eigenvalue weighted by Gasteiger charge is 2.33. The lowest BCUT2D eigenvalue weighted by atomic mass is 9.79. The molecule has 1 aromatic rings. The molecule has 2 rings (SSSR count). The summed E-state index contributed by atoms with van der Waals surface area (Å²) in [6, 6.07) is 4.19. The topological polar surface area (TPSA) is 47.7 Å². The first-order valence-corrected chi connectivity index (χ1v) is 8.05. The number of nitrogens with two attached hydrogens (primary N) is 1. The van der Waals surface area contributed by atoms with Crippen LogP contribution in [0.15, 0.2) is 16.6 Å². The summed E-state index contributed by atoms with van der Waals surface area (Å²) in [6.07, 6.45) is 1.03. The van der Waals surface area contributed by atoms with E-state index in [-0.39, 0.29) is 23.9 Å². The largest absolute Gasteiger partial charge is 0.497 e. The minimum Gasteiger partial charge on any atom is -0.497 e. The van der Waals surface area contributed by atoms with Crippen molar-refractivity contribution in [2.24, 2.45) is 11.1 Å². The summed E-state index contributed by atoms with van der Waals surface area (Å²) in [5.41, 5.74) is 7.52. The molecule has 0 spiro atoms. The molecule has 0 saturated carbocycles. The quantitative estimate of drug-likeness (QED) is 0.851. The average molecular weight is 394 g/mol. The van der Waals surface area contributed by atoms with Gasteiger partial charge in [0.2, 0.25) is 0 Å². The Labute approximate surface area is 147 Å². The van der Waals surface area contributed by atoms with Gasteiger partial charge in [0.15, 0.2) is 0 Å². The molecule has 0 radical (unpaired) electrons. The Morgan fingerprint density at radius 1 is 1.32 bits per heavy atom. The Kier molecular flexibility index (Phi) is 6.99. The molecule has 0 amide bonds. The number of halogens is 2. The number of ether oxygens (including phenoxy) is 2. The lowest BCUT2D eigenvalue weighted by Gasteiger charge is -2.42. The van der Waals surface area contributed by atoms with Crippen molar-refractivity contribution >= 4 is 28.3 Å². The number of piperidine rings is 1. The highest BCUT2D eigenvalue weighted by molar-refractivity contribution is 9.10. The maximum Gasteiger partial charge on any atom is 0.128 e. The summed E-state index contributed by atoms with van der Waals surface area (Å²) in [7, 11) is 3.36. The van der Waals surface area contributed by atoms with Crippen LogP contribution in [-0.2, 0) is 6.54 Å². The molecule has 6 heteroatoms. The summed E-state index contributed by atoms with van der Waals surface area (Å²) in [4.78, 5) is 2.44. The lowest BCUT2D eigenvalue weighted by Crippen LogP contribution is -2.52. The van der Waals surface area contributed by atoms with Crippen LogP contribution < -0.4 is 15.2 Å². The Balaban J connectivity index is 0.00000242. The van der Waals surface area contributed by atoms with Gasteiger partial charge in [0.25, 0.3) is 0 Å². The van der Waals surface area contributed by atoms with Crippen LogP contribution in [0, 0.1) is 5.41 Å². The number of hydrogen-bond donors (Lipinski definition) is 1. The number of likely N-dealkylation sites (tertiary alicyclic amines) is 1. The van der Waals surface area contributed by atoms with Gasteiger partial charge in [-0.25, -0.2) is 0 Å². The number of hydrogen-bond acceptors (Lipinski definition) is 4. The number of methoxy groups -OCH3 is 2. The van der Waals surface area contributed by atoms with Crippen molar-refractivity contribution in [3.05, 3.63) is 22.2 Å². The fraction of sp³-hybridized carbons (Fsp3) is 0.625. The molecular formula is C16H26BrClN2O2. The van der Waals surface area contributed by atoms with Crippen LogP contribution in [-0.4, -0.2) is 38.3 Å². The standard InChI is InChI=1S/C16H25BrN2O2.ClH/c1-16(2)10-19(6-5-15(16)18)9-12-13(17)7-11(20-3)8-14(12)21-4;/h7-8,15H,5-6,9-10,18H2,1-4H3;1H. The number of nitrogens with zero attached hydrogens (tertiary/aromatic N) is 1. The van der Waals surface area contributed by atoms with E-state index in [0.29, 0.717) is 0 Å². The Morgan fingerprint density at radius 3 is 2.55 bits per heavy atom. The molecule has 1 unspecified atom stereocenters. The number of rotatable bonds is 4. The van der Waals surface area contributed by atoms with Gasteiger partial charge in [-0.1, -0.05) is 29.8 Å². The summed E-state index contributed by atoms with van der Waals surface area (Å²) < 4.78 is 11.8. The molecule has 0 bridgehead atoms. The van der Waals surface area contributed by atoms with E-state index < -0.39 is 0 Å². The van der Waals surface area contributed by atoms with Crippen LogP contribution in [0.5, 0.6) is 11.5 Å². The molecule has 126 valence electrons. The molecule has 1 atom stereocenters. The van der Waals surface area contributed by atoms with Crippen LogP contribution in [0.2, 0.25) is 0 Å². The van der Waals surface area contributed by atoms with Crippen LogP contribution in [0.4, 0.5) is 0 Å². The predicted octanol–water partition coefficient (Wildman–Crippen LogP) is 3.45. The zero-order valence-electron chi connectivity index (χ0n) is 13.7. The first-order valence-electron chi connectivity index (χ1n) is 7.25. The lowest BCUT2D eigenvalue weighted by molar-refractivity contribution is 0.0890. The van der Waals surface area contributed by atoms with E-state index in [1.807, 2.05) is 12.1 Å². The summed E-state index contributed by atoms with van der Waals surface area (Å²) in [6.45, 7) is 7.35. The zero-order valence-corrected chi connectivity index (χ0v) is 16.1.